The van der Waals surface area contributed by atoms with E-state index in [1.54, 1.807) is 18.6 Å². The number of aliphatic carboxylic acids is 1. The fraction of sp³-hybridized carbons (Fsp3) is 0.276. The fourth-order valence-corrected chi connectivity index (χ4v) is 6.83. The van der Waals surface area contributed by atoms with Gasteiger partial charge in [-0.25, -0.2) is 17.9 Å². The van der Waals surface area contributed by atoms with Crippen molar-refractivity contribution in [2.24, 2.45) is 0 Å². The summed E-state index contributed by atoms with van der Waals surface area (Å²) >= 11 is 2.55. The van der Waals surface area contributed by atoms with Gasteiger partial charge in [-0.1, -0.05) is 30.3 Å². The van der Waals surface area contributed by atoms with Crippen LogP contribution in [0, 0.1) is 0 Å². The third-order valence-corrected chi connectivity index (χ3v) is 9.54. The first-order chi connectivity index (χ1) is 21.0. The van der Waals surface area contributed by atoms with Crippen LogP contribution in [0.2, 0.25) is 0 Å². The number of thioether (sulfide) groups is 2. The average molecular weight is 661 g/mol. The van der Waals surface area contributed by atoms with Crippen molar-refractivity contribution in [1.29, 1.82) is 0 Å². The van der Waals surface area contributed by atoms with Crippen LogP contribution in [-0.4, -0.2) is 80.4 Å². The second-order valence-corrected chi connectivity index (χ2v) is 13.1. The molecule has 1 aliphatic heterocycles. The number of rotatable bonds is 12. The van der Waals surface area contributed by atoms with E-state index in [4.69, 9.17) is 4.74 Å². The molecule has 0 saturated carbocycles. The molecule has 5 N–H and O–H groups in total. The number of carboxylic acids is 1. The fourth-order valence-electron chi connectivity index (χ4n) is 4.50. The van der Waals surface area contributed by atoms with Gasteiger partial charge in [0.1, 0.15) is 28.5 Å². The maximum atomic E-state index is 13.2. The van der Waals surface area contributed by atoms with Gasteiger partial charge in [-0.3, -0.25) is 9.59 Å². The molecule has 3 aromatic carbocycles. The molecule has 0 saturated heterocycles. The molecular formula is C29H32N4O8S3. The molecule has 1 aliphatic rings. The molecule has 0 radical (unpaired) electrons. The lowest BCUT2D eigenvalue weighted by Gasteiger charge is -2.25. The number of ether oxygens (including phenoxy) is 1. The topological polar surface area (TPSA) is 174 Å². The minimum absolute atomic E-state index is 0.0121. The summed E-state index contributed by atoms with van der Waals surface area (Å²) in [5, 5.41) is 24.2. The summed E-state index contributed by atoms with van der Waals surface area (Å²) in [6.07, 6.45) is 3.49. The van der Waals surface area contributed by atoms with E-state index < -0.39 is 46.5 Å². The van der Waals surface area contributed by atoms with Crippen molar-refractivity contribution in [1.82, 2.24) is 15.4 Å². The zero-order valence-electron chi connectivity index (χ0n) is 23.8. The Balaban J connectivity index is 1.58. The minimum Gasteiger partial charge on any atom is -0.508 e. The Labute approximate surface area is 263 Å². The highest BCUT2D eigenvalue weighted by Gasteiger charge is 2.30. The van der Waals surface area contributed by atoms with Crippen LogP contribution < -0.4 is 25.0 Å². The van der Waals surface area contributed by atoms with Gasteiger partial charge in [0.15, 0.2) is 6.61 Å². The number of hydrogen-bond acceptors (Lipinski definition) is 10. The van der Waals surface area contributed by atoms with Crippen molar-refractivity contribution in [3.8, 4) is 11.5 Å². The Morgan fingerprint density at radius 2 is 1.75 bits per heavy atom. The molecule has 2 atom stereocenters. The number of carboxylic acid groups (broad SMARTS) is 1. The molecule has 1 heterocycles. The molecule has 0 spiro atoms. The van der Waals surface area contributed by atoms with Crippen molar-refractivity contribution in [2.45, 2.75) is 21.9 Å². The summed E-state index contributed by atoms with van der Waals surface area (Å²) in [6.45, 7) is 0.00379. The van der Waals surface area contributed by atoms with E-state index in [1.807, 2.05) is 35.2 Å². The summed E-state index contributed by atoms with van der Waals surface area (Å²) in [5.74, 6) is -2.51. The van der Waals surface area contributed by atoms with Crippen molar-refractivity contribution in [2.75, 3.05) is 42.9 Å². The van der Waals surface area contributed by atoms with Gasteiger partial charge in [-0.15, -0.1) is 11.8 Å². The maximum Gasteiger partial charge on any atom is 0.327 e. The Hall–Kier alpha value is -3.92. The highest BCUT2D eigenvalue weighted by Crippen LogP contribution is 2.40. The third-order valence-electron chi connectivity index (χ3n) is 6.62. The highest BCUT2D eigenvalue weighted by molar-refractivity contribution is 7.98. The van der Waals surface area contributed by atoms with Gasteiger partial charge in [0.2, 0.25) is 15.9 Å². The zero-order valence-corrected chi connectivity index (χ0v) is 26.3. The number of anilines is 2. The van der Waals surface area contributed by atoms with Gasteiger partial charge in [0, 0.05) is 30.6 Å². The molecule has 4 rings (SSSR count). The molecule has 234 valence electrons. The molecule has 3 aromatic rings. The SMILES string of the molecule is CSC[C@H](NC(=O)[C@H](NC(=O)COc1cc2c(cc1SC)N(c1ccccc1)CCNS2(=O)=O)c1ccc(O)cc1)C(=O)O. The Morgan fingerprint density at radius 3 is 2.39 bits per heavy atom. The number of nitrogens with zero attached hydrogens (tertiary/aromatic N) is 1. The number of carbonyl (C=O) groups excluding carboxylic acids is 2. The monoisotopic (exact) mass is 660 g/mol. The molecule has 12 nitrogen and oxygen atoms in total. The molecule has 0 bridgehead atoms. The third kappa shape index (κ3) is 7.96. The van der Waals surface area contributed by atoms with E-state index >= 15 is 0 Å². The molecular weight excluding hydrogens is 629 g/mol. The lowest BCUT2D eigenvalue weighted by Crippen LogP contribution is -2.49. The molecule has 0 aromatic heterocycles. The highest BCUT2D eigenvalue weighted by atomic mass is 32.2. The summed E-state index contributed by atoms with van der Waals surface area (Å²) in [5.41, 5.74) is 1.58. The molecule has 0 fully saturated rings. The number of para-hydroxylation sites is 1. The maximum absolute atomic E-state index is 13.2. The second kappa shape index (κ2) is 14.7. The van der Waals surface area contributed by atoms with Crippen LogP contribution in [0.1, 0.15) is 11.6 Å². The normalized spacial score (nSPS) is 15.3. The Morgan fingerprint density at radius 1 is 1.05 bits per heavy atom. The summed E-state index contributed by atoms with van der Waals surface area (Å²) in [7, 11) is -3.90. The number of benzene rings is 3. The van der Waals surface area contributed by atoms with E-state index in [0.29, 0.717) is 22.7 Å². The van der Waals surface area contributed by atoms with Crippen LogP contribution in [0.3, 0.4) is 0 Å². The summed E-state index contributed by atoms with van der Waals surface area (Å²) in [6, 6.07) is 15.5. The first-order valence-corrected chi connectivity index (χ1v) is 17.4. The number of sulfonamides is 1. The quantitative estimate of drug-likeness (QED) is 0.181. The lowest BCUT2D eigenvalue weighted by atomic mass is 10.1. The average Bonchev–Trinajstić information content (AvgIpc) is 3.13. The number of fused-ring (bicyclic) bond motifs is 1. The largest absolute Gasteiger partial charge is 0.508 e. The van der Waals surface area contributed by atoms with Crippen molar-refractivity contribution in [3.05, 3.63) is 72.3 Å². The number of carbonyl (C=O) groups is 3. The van der Waals surface area contributed by atoms with Crippen molar-refractivity contribution < 1.29 is 37.8 Å². The standard InChI is InChI=1S/C29H32N4O8S3/c1-42-17-21(29(37)38)31-28(36)27(18-8-10-20(34)11-9-18)32-26(35)16-41-23-15-25-22(14-24(23)43-2)33(13-12-30-44(25,39)40)19-6-4-3-5-7-19/h3-11,14-15,21,27,30,34H,12-13,16-17H2,1-2H3,(H,31,36)(H,32,35)(H,37,38)/t21-,27+/m0/s1. The summed E-state index contributed by atoms with van der Waals surface area (Å²) < 4.78 is 34.7. The van der Waals surface area contributed by atoms with Gasteiger partial charge in [-0.2, -0.15) is 11.8 Å². The van der Waals surface area contributed by atoms with E-state index in [1.165, 1.54) is 53.9 Å². The smallest absolute Gasteiger partial charge is 0.327 e. The number of hydrogen-bond donors (Lipinski definition) is 5. The van der Waals surface area contributed by atoms with Gasteiger partial charge in [0.25, 0.3) is 5.91 Å². The van der Waals surface area contributed by atoms with E-state index in [0.717, 1.165) is 5.69 Å². The molecule has 15 heteroatoms. The lowest BCUT2D eigenvalue weighted by molar-refractivity contribution is -0.141. The van der Waals surface area contributed by atoms with Gasteiger partial charge < -0.3 is 30.5 Å². The van der Waals surface area contributed by atoms with E-state index in [2.05, 4.69) is 15.4 Å². The molecule has 2 amide bonds. The number of phenols is 1. The minimum atomic E-state index is -3.90. The second-order valence-electron chi connectivity index (χ2n) is 9.59. The van der Waals surface area contributed by atoms with E-state index in [9.17, 15) is 33.0 Å². The molecule has 0 aliphatic carbocycles. The molecule has 0 unspecified atom stereocenters. The molecule has 44 heavy (non-hydrogen) atoms. The van der Waals surface area contributed by atoms with Crippen molar-refractivity contribution >= 4 is 62.7 Å². The van der Waals surface area contributed by atoms with Gasteiger partial charge in [-0.05, 0) is 48.4 Å². The number of nitrogens with one attached hydrogen (secondary N) is 3. The van der Waals surface area contributed by atoms with E-state index in [-0.39, 0.29) is 28.7 Å². The van der Waals surface area contributed by atoms with Crippen LogP contribution in [0.5, 0.6) is 11.5 Å². The first-order valence-electron chi connectivity index (χ1n) is 13.3. The van der Waals surface area contributed by atoms with Crippen molar-refractivity contribution in [3.63, 3.8) is 0 Å². The Bertz CT molecular complexity index is 1600. The van der Waals surface area contributed by atoms with Gasteiger partial charge >= 0.3 is 5.97 Å². The zero-order chi connectivity index (χ0) is 31.9. The summed E-state index contributed by atoms with van der Waals surface area (Å²) in [4.78, 5) is 40.3. The predicted octanol–water partition coefficient (Wildman–Crippen LogP) is 2.71. The predicted molar refractivity (Wildman–Crippen MR) is 169 cm³/mol. The number of aromatic hydroxyl groups is 1. The number of phenolic OH excluding ortho intramolecular Hbond substituents is 1. The van der Waals surface area contributed by atoms with Gasteiger partial charge in [0.05, 0.1) is 10.6 Å². The van der Waals surface area contributed by atoms with Crippen LogP contribution >= 0.6 is 23.5 Å². The number of amides is 2. The van der Waals surface area contributed by atoms with Crippen LogP contribution in [0.15, 0.2) is 76.5 Å². The Kier molecular flexibility index (Phi) is 11.0. The van der Waals surface area contributed by atoms with Crippen LogP contribution in [-0.2, 0) is 24.4 Å². The van der Waals surface area contributed by atoms with Crippen LogP contribution in [0.25, 0.3) is 0 Å². The first kappa shape index (κ1) is 33.0. The van der Waals surface area contributed by atoms with Crippen LogP contribution in [0.4, 0.5) is 11.4 Å².